The zero-order valence-corrected chi connectivity index (χ0v) is 17.7. The molecule has 2 heterocycles. The molecule has 0 amide bonds. The van der Waals surface area contributed by atoms with Crippen molar-refractivity contribution in [3.63, 3.8) is 0 Å². The Labute approximate surface area is 181 Å². The van der Waals surface area contributed by atoms with Gasteiger partial charge in [-0.2, -0.15) is 0 Å². The molecule has 0 unspecified atom stereocenters. The Morgan fingerprint density at radius 3 is 2.35 bits per heavy atom. The fourth-order valence-electron chi connectivity index (χ4n) is 4.64. The van der Waals surface area contributed by atoms with Crippen LogP contribution in [0.25, 0.3) is 16.8 Å². The Morgan fingerprint density at radius 1 is 1.06 bits per heavy atom. The second-order valence-corrected chi connectivity index (χ2v) is 8.97. The van der Waals surface area contributed by atoms with E-state index in [0.29, 0.717) is 18.7 Å². The third kappa shape index (κ3) is 3.28. The van der Waals surface area contributed by atoms with E-state index in [4.69, 9.17) is 10.7 Å². The third-order valence-corrected chi connectivity index (χ3v) is 6.40. The molecule has 6 nitrogen and oxygen atoms in total. The van der Waals surface area contributed by atoms with Gasteiger partial charge in [0.25, 0.3) is 0 Å². The molecule has 2 aromatic carbocycles. The first-order valence-electron chi connectivity index (χ1n) is 10.5. The summed E-state index contributed by atoms with van der Waals surface area (Å²) in [6.07, 6.45) is 4.90. The molecule has 31 heavy (non-hydrogen) atoms. The van der Waals surface area contributed by atoms with Crippen molar-refractivity contribution >= 4 is 11.3 Å². The molecule has 1 aliphatic carbocycles. The van der Waals surface area contributed by atoms with E-state index in [1.54, 1.807) is 13.1 Å². The van der Waals surface area contributed by atoms with Crippen LogP contribution in [0.15, 0.2) is 67.0 Å². The molecule has 0 spiro atoms. The first kappa shape index (κ1) is 19.7. The highest BCUT2D eigenvalue weighted by molar-refractivity contribution is 5.85. The quantitative estimate of drug-likeness (QED) is 0.471. The van der Waals surface area contributed by atoms with Crippen molar-refractivity contribution in [3.8, 4) is 11.3 Å². The van der Waals surface area contributed by atoms with Gasteiger partial charge in [0.1, 0.15) is 28.5 Å². The summed E-state index contributed by atoms with van der Waals surface area (Å²) in [6, 6.07) is 17.4. The normalized spacial score (nSPS) is 22.8. The molecule has 158 valence electrons. The van der Waals surface area contributed by atoms with E-state index in [1.807, 2.05) is 72.1 Å². The van der Waals surface area contributed by atoms with E-state index in [0.717, 1.165) is 33.7 Å². The van der Waals surface area contributed by atoms with Crippen molar-refractivity contribution in [2.45, 2.75) is 43.8 Å². The molecule has 1 atom stereocenters. The standard InChI is InChI=1S/C25H26N4O2/c1-24(30)14-17(15-24)23-28-20(21-22(26)27-12-13-29(21)23)16-8-10-19(11-9-16)25(2,31)18-6-4-3-5-7-18/h3-13,17,30-31H,14-15H2,1-2H3,(H2,26,27)/t17?,24?,25-/m0/s1. The second kappa shape index (κ2) is 6.90. The summed E-state index contributed by atoms with van der Waals surface area (Å²) >= 11 is 0. The van der Waals surface area contributed by atoms with Crippen LogP contribution in [0.5, 0.6) is 0 Å². The lowest BCUT2D eigenvalue weighted by atomic mass is 9.72. The predicted octanol–water partition coefficient (Wildman–Crippen LogP) is 3.86. The van der Waals surface area contributed by atoms with Gasteiger partial charge in [-0.3, -0.25) is 4.40 Å². The van der Waals surface area contributed by atoms with Crippen LogP contribution in [0.4, 0.5) is 5.82 Å². The number of anilines is 1. The highest BCUT2D eigenvalue weighted by Crippen LogP contribution is 2.45. The summed E-state index contributed by atoms with van der Waals surface area (Å²) in [6.45, 7) is 3.65. The minimum atomic E-state index is -1.10. The molecule has 0 radical (unpaired) electrons. The van der Waals surface area contributed by atoms with Crippen molar-refractivity contribution in [2.24, 2.45) is 0 Å². The lowest BCUT2D eigenvalue weighted by Crippen LogP contribution is -2.40. The fraction of sp³-hybridized carbons (Fsp3) is 0.280. The molecule has 5 rings (SSSR count). The number of nitrogens with zero attached hydrogens (tertiary/aromatic N) is 3. The minimum absolute atomic E-state index is 0.177. The maximum atomic E-state index is 11.1. The van der Waals surface area contributed by atoms with Crippen molar-refractivity contribution in [3.05, 3.63) is 83.9 Å². The van der Waals surface area contributed by atoms with Crippen LogP contribution in [0.2, 0.25) is 0 Å². The molecule has 0 saturated heterocycles. The number of hydrogen-bond acceptors (Lipinski definition) is 5. The van der Waals surface area contributed by atoms with Crippen molar-refractivity contribution in [1.29, 1.82) is 0 Å². The van der Waals surface area contributed by atoms with Crippen LogP contribution in [0.1, 0.15) is 49.6 Å². The van der Waals surface area contributed by atoms with Gasteiger partial charge in [0.05, 0.1) is 5.60 Å². The van der Waals surface area contributed by atoms with Crippen molar-refractivity contribution < 1.29 is 10.2 Å². The average Bonchev–Trinajstić information content (AvgIpc) is 3.13. The lowest BCUT2D eigenvalue weighted by Gasteiger charge is -2.40. The van der Waals surface area contributed by atoms with Crippen molar-refractivity contribution in [1.82, 2.24) is 14.4 Å². The van der Waals surface area contributed by atoms with Crippen molar-refractivity contribution in [2.75, 3.05) is 5.73 Å². The molecule has 6 heteroatoms. The zero-order chi connectivity index (χ0) is 21.8. The molecule has 0 bridgehead atoms. The molecule has 1 saturated carbocycles. The number of imidazole rings is 1. The first-order chi connectivity index (χ1) is 14.8. The Bertz CT molecular complexity index is 1240. The Morgan fingerprint density at radius 2 is 1.71 bits per heavy atom. The lowest BCUT2D eigenvalue weighted by molar-refractivity contribution is -0.0335. The van der Waals surface area contributed by atoms with E-state index in [1.165, 1.54) is 0 Å². The molecule has 1 aliphatic rings. The molecule has 4 N–H and O–H groups in total. The van der Waals surface area contributed by atoms with Gasteiger partial charge in [0.15, 0.2) is 0 Å². The average molecular weight is 415 g/mol. The highest BCUT2D eigenvalue weighted by atomic mass is 16.3. The van der Waals surface area contributed by atoms with E-state index in [9.17, 15) is 10.2 Å². The summed E-state index contributed by atoms with van der Waals surface area (Å²) in [5.41, 5.74) is 8.57. The molecule has 1 fully saturated rings. The molecule has 4 aromatic rings. The monoisotopic (exact) mass is 414 g/mol. The van der Waals surface area contributed by atoms with E-state index < -0.39 is 11.2 Å². The topological polar surface area (TPSA) is 96.7 Å². The van der Waals surface area contributed by atoms with Crippen LogP contribution in [0, 0.1) is 0 Å². The summed E-state index contributed by atoms with van der Waals surface area (Å²) in [7, 11) is 0. The van der Waals surface area contributed by atoms with Gasteiger partial charge in [0.2, 0.25) is 0 Å². The van der Waals surface area contributed by atoms with E-state index in [2.05, 4.69) is 4.98 Å². The van der Waals surface area contributed by atoms with Crippen LogP contribution < -0.4 is 5.73 Å². The van der Waals surface area contributed by atoms with Gasteiger partial charge in [0, 0.05) is 23.9 Å². The Balaban J connectivity index is 1.56. The minimum Gasteiger partial charge on any atom is -0.390 e. The number of benzene rings is 2. The smallest absolute Gasteiger partial charge is 0.150 e. The summed E-state index contributed by atoms with van der Waals surface area (Å²) in [5, 5.41) is 21.3. The number of rotatable bonds is 4. The number of nitrogen functional groups attached to an aromatic ring is 1. The summed E-state index contributed by atoms with van der Waals surface area (Å²) < 4.78 is 1.99. The maximum Gasteiger partial charge on any atom is 0.150 e. The highest BCUT2D eigenvalue weighted by Gasteiger charge is 2.41. The number of nitrogens with two attached hydrogens (primary N) is 1. The fourth-order valence-corrected chi connectivity index (χ4v) is 4.64. The Kier molecular flexibility index (Phi) is 4.39. The molecule has 0 aliphatic heterocycles. The van der Waals surface area contributed by atoms with Crippen LogP contribution in [-0.4, -0.2) is 30.2 Å². The van der Waals surface area contributed by atoms with Gasteiger partial charge in [-0.05, 0) is 37.8 Å². The first-order valence-corrected chi connectivity index (χ1v) is 10.5. The number of aliphatic hydroxyl groups is 2. The van der Waals surface area contributed by atoms with Gasteiger partial charge in [-0.1, -0.05) is 54.6 Å². The van der Waals surface area contributed by atoms with Crippen LogP contribution in [-0.2, 0) is 5.60 Å². The van der Waals surface area contributed by atoms with E-state index in [-0.39, 0.29) is 5.92 Å². The van der Waals surface area contributed by atoms with Crippen LogP contribution in [0.3, 0.4) is 0 Å². The van der Waals surface area contributed by atoms with Gasteiger partial charge < -0.3 is 15.9 Å². The SMILES string of the molecule is CC1(O)CC(c2nc(-c3ccc([C@@](C)(O)c4ccccc4)cc3)c3c(N)nccn23)C1. The van der Waals surface area contributed by atoms with Crippen LogP contribution >= 0.6 is 0 Å². The number of fused-ring (bicyclic) bond motifs is 1. The molecular weight excluding hydrogens is 388 g/mol. The molecular formula is C25H26N4O2. The summed E-state index contributed by atoms with van der Waals surface area (Å²) in [4.78, 5) is 9.19. The second-order valence-electron chi connectivity index (χ2n) is 8.97. The summed E-state index contributed by atoms with van der Waals surface area (Å²) in [5.74, 6) is 1.49. The number of aromatic nitrogens is 3. The van der Waals surface area contributed by atoms with E-state index >= 15 is 0 Å². The van der Waals surface area contributed by atoms with Gasteiger partial charge in [-0.25, -0.2) is 9.97 Å². The predicted molar refractivity (Wildman–Crippen MR) is 121 cm³/mol. The molecule has 2 aromatic heterocycles. The Hall–Kier alpha value is -3.22. The number of hydrogen-bond donors (Lipinski definition) is 3. The van der Waals surface area contributed by atoms with Gasteiger partial charge >= 0.3 is 0 Å². The zero-order valence-electron chi connectivity index (χ0n) is 17.7. The maximum absolute atomic E-state index is 11.1. The third-order valence-electron chi connectivity index (χ3n) is 6.40. The van der Waals surface area contributed by atoms with Gasteiger partial charge in [-0.15, -0.1) is 0 Å². The largest absolute Gasteiger partial charge is 0.390 e.